The van der Waals surface area contributed by atoms with Gasteiger partial charge in [-0.1, -0.05) is 12.1 Å². The van der Waals surface area contributed by atoms with E-state index in [1.165, 1.54) is 0 Å². The summed E-state index contributed by atoms with van der Waals surface area (Å²) >= 11 is 0. The smallest absolute Gasteiger partial charge is 0.205 e. The molecular weight excluding hydrogens is 226 g/mol. The van der Waals surface area contributed by atoms with Crippen molar-refractivity contribution in [1.82, 2.24) is 9.97 Å². The standard InChI is InChI=1S/C14H13N3O/c1-18-11-8-6-10(7-9-11)15-14-16-12-4-2-3-5-13(12)17-14/h2-9H,1H3,(H2,15,16,17). The number of aromatic nitrogens is 2. The van der Waals surface area contributed by atoms with Crippen LogP contribution in [0, 0.1) is 0 Å². The Hall–Kier alpha value is -2.49. The second-order valence-corrected chi connectivity index (χ2v) is 3.96. The van der Waals surface area contributed by atoms with Gasteiger partial charge in [-0.25, -0.2) is 4.98 Å². The number of nitrogens with one attached hydrogen (secondary N) is 2. The highest BCUT2D eigenvalue weighted by Crippen LogP contribution is 2.20. The zero-order chi connectivity index (χ0) is 12.4. The Bertz CT molecular complexity index is 625. The highest BCUT2D eigenvalue weighted by Gasteiger charge is 2.01. The number of para-hydroxylation sites is 2. The zero-order valence-electron chi connectivity index (χ0n) is 9.97. The molecule has 0 saturated heterocycles. The van der Waals surface area contributed by atoms with E-state index in [2.05, 4.69) is 15.3 Å². The number of H-pyrrole nitrogens is 1. The minimum atomic E-state index is 0.737. The number of ether oxygens (including phenoxy) is 1. The third-order valence-electron chi connectivity index (χ3n) is 2.74. The number of fused-ring (bicyclic) bond motifs is 1. The molecule has 0 amide bonds. The number of hydrogen-bond donors (Lipinski definition) is 2. The lowest BCUT2D eigenvalue weighted by Gasteiger charge is -2.03. The summed E-state index contributed by atoms with van der Waals surface area (Å²) in [5, 5.41) is 3.22. The molecular formula is C14H13N3O. The molecule has 4 nitrogen and oxygen atoms in total. The number of imidazole rings is 1. The second-order valence-electron chi connectivity index (χ2n) is 3.96. The lowest BCUT2D eigenvalue weighted by atomic mass is 10.3. The largest absolute Gasteiger partial charge is 0.497 e. The van der Waals surface area contributed by atoms with Gasteiger partial charge in [-0.2, -0.15) is 0 Å². The first kappa shape index (κ1) is 10.7. The predicted octanol–water partition coefficient (Wildman–Crippen LogP) is 3.32. The van der Waals surface area contributed by atoms with Crippen LogP contribution in [0.4, 0.5) is 11.6 Å². The van der Waals surface area contributed by atoms with Crippen LogP contribution in [0.3, 0.4) is 0 Å². The number of benzene rings is 2. The maximum Gasteiger partial charge on any atom is 0.205 e. The van der Waals surface area contributed by atoms with Crippen molar-refractivity contribution >= 4 is 22.7 Å². The van der Waals surface area contributed by atoms with Gasteiger partial charge in [0.15, 0.2) is 0 Å². The third kappa shape index (κ3) is 2.00. The molecule has 0 unspecified atom stereocenters. The van der Waals surface area contributed by atoms with E-state index in [1.807, 2.05) is 48.5 Å². The van der Waals surface area contributed by atoms with E-state index in [9.17, 15) is 0 Å². The van der Waals surface area contributed by atoms with Gasteiger partial charge >= 0.3 is 0 Å². The highest BCUT2D eigenvalue weighted by atomic mass is 16.5. The van der Waals surface area contributed by atoms with Gasteiger partial charge in [-0.05, 0) is 36.4 Å². The monoisotopic (exact) mass is 239 g/mol. The SMILES string of the molecule is COc1ccc(Nc2nc3ccccc3[nH]2)cc1. The Labute approximate surface area is 105 Å². The fourth-order valence-corrected chi connectivity index (χ4v) is 1.82. The summed E-state index contributed by atoms with van der Waals surface area (Å²) in [6, 6.07) is 15.7. The topological polar surface area (TPSA) is 49.9 Å². The number of anilines is 2. The Kier molecular flexibility index (Phi) is 2.61. The van der Waals surface area contributed by atoms with Crippen LogP contribution in [0.2, 0.25) is 0 Å². The predicted molar refractivity (Wildman–Crippen MR) is 72.4 cm³/mol. The summed E-state index contributed by atoms with van der Waals surface area (Å²) in [7, 11) is 1.65. The Morgan fingerprint density at radius 1 is 1.06 bits per heavy atom. The molecule has 0 aliphatic rings. The fourth-order valence-electron chi connectivity index (χ4n) is 1.82. The molecule has 0 aliphatic heterocycles. The van der Waals surface area contributed by atoms with E-state index in [-0.39, 0.29) is 0 Å². The fraction of sp³-hybridized carbons (Fsp3) is 0.0714. The Morgan fingerprint density at radius 2 is 1.83 bits per heavy atom. The molecule has 0 aliphatic carbocycles. The van der Waals surface area contributed by atoms with Crippen molar-refractivity contribution in [3.8, 4) is 5.75 Å². The molecule has 0 saturated carbocycles. The quantitative estimate of drug-likeness (QED) is 0.737. The average Bonchev–Trinajstić information content (AvgIpc) is 2.82. The molecule has 3 rings (SSSR count). The number of methoxy groups -OCH3 is 1. The molecule has 2 N–H and O–H groups in total. The Balaban J connectivity index is 1.86. The van der Waals surface area contributed by atoms with Gasteiger partial charge in [0.2, 0.25) is 5.95 Å². The van der Waals surface area contributed by atoms with Crippen LogP contribution < -0.4 is 10.1 Å². The minimum Gasteiger partial charge on any atom is -0.497 e. The summed E-state index contributed by atoms with van der Waals surface area (Å²) in [5.74, 6) is 1.58. The van der Waals surface area contributed by atoms with Crippen LogP contribution in [0.15, 0.2) is 48.5 Å². The molecule has 4 heteroatoms. The molecule has 0 spiro atoms. The first-order valence-corrected chi connectivity index (χ1v) is 5.71. The van der Waals surface area contributed by atoms with Crippen LogP contribution >= 0.6 is 0 Å². The van der Waals surface area contributed by atoms with Gasteiger partial charge in [-0.3, -0.25) is 0 Å². The summed E-state index contributed by atoms with van der Waals surface area (Å²) < 4.78 is 5.12. The Morgan fingerprint density at radius 3 is 2.56 bits per heavy atom. The number of rotatable bonds is 3. The first-order valence-electron chi connectivity index (χ1n) is 5.71. The van der Waals surface area contributed by atoms with Crippen molar-refractivity contribution in [3.63, 3.8) is 0 Å². The van der Waals surface area contributed by atoms with E-state index < -0.39 is 0 Å². The second kappa shape index (κ2) is 4.41. The molecule has 1 aromatic heterocycles. The molecule has 0 fully saturated rings. The first-order chi connectivity index (χ1) is 8.85. The molecule has 0 radical (unpaired) electrons. The summed E-state index contributed by atoms with van der Waals surface area (Å²) in [5.41, 5.74) is 2.94. The molecule has 3 aromatic rings. The van der Waals surface area contributed by atoms with Crippen LogP contribution in [-0.4, -0.2) is 17.1 Å². The van der Waals surface area contributed by atoms with Crippen LogP contribution in [-0.2, 0) is 0 Å². The summed E-state index contributed by atoms with van der Waals surface area (Å²) in [4.78, 5) is 7.67. The number of aromatic amines is 1. The van der Waals surface area contributed by atoms with Crippen molar-refractivity contribution in [1.29, 1.82) is 0 Å². The van der Waals surface area contributed by atoms with Gasteiger partial charge in [0.1, 0.15) is 5.75 Å². The molecule has 0 bridgehead atoms. The van der Waals surface area contributed by atoms with E-state index in [4.69, 9.17) is 4.74 Å². The molecule has 18 heavy (non-hydrogen) atoms. The van der Waals surface area contributed by atoms with Gasteiger partial charge in [0.25, 0.3) is 0 Å². The maximum absolute atomic E-state index is 5.12. The van der Waals surface area contributed by atoms with E-state index in [0.29, 0.717) is 0 Å². The highest BCUT2D eigenvalue weighted by molar-refractivity contribution is 5.78. The molecule has 0 atom stereocenters. The van der Waals surface area contributed by atoms with Gasteiger partial charge in [0.05, 0.1) is 18.1 Å². The van der Waals surface area contributed by atoms with Crippen molar-refractivity contribution in [3.05, 3.63) is 48.5 Å². The molecule has 1 heterocycles. The summed E-state index contributed by atoms with van der Waals surface area (Å²) in [6.07, 6.45) is 0. The van der Waals surface area contributed by atoms with Crippen molar-refractivity contribution in [2.75, 3.05) is 12.4 Å². The lowest BCUT2D eigenvalue weighted by molar-refractivity contribution is 0.415. The van der Waals surface area contributed by atoms with E-state index in [0.717, 1.165) is 28.4 Å². The number of hydrogen-bond acceptors (Lipinski definition) is 3. The van der Waals surface area contributed by atoms with Gasteiger partial charge < -0.3 is 15.0 Å². The van der Waals surface area contributed by atoms with E-state index >= 15 is 0 Å². The molecule has 2 aromatic carbocycles. The minimum absolute atomic E-state index is 0.737. The van der Waals surface area contributed by atoms with Crippen molar-refractivity contribution in [2.24, 2.45) is 0 Å². The maximum atomic E-state index is 5.12. The third-order valence-corrected chi connectivity index (χ3v) is 2.74. The zero-order valence-corrected chi connectivity index (χ0v) is 9.97. The van der Waals surface area contributed by atoms with E-state index in [1.54, 1.807) is 7.11 Å². The van der Waals surface area contributed by atoms with Crippen LogP contribution in [0.25, 0.3) is 11.0 Å². The summed E-state index contributed by atoms with van der Waals surface area (Å²) in [6.45, 7) is 0. The number of nitrogens with zero attached hydrogens (tertiary/aromatic N) is 1. The van der Waals surface area contributed by atoms with Crippen molar-refractivity contribution in [2.45, 2.75) is 0 Å². The van der Waals surface area contributed by atoms with Crippen LogP contribution in [0.5, 0.6) is 5.75 Å². The normalized spacial score (nSPS) is 10.5. The van der Waals surface area contributed by atoms with Gasteiger partial charge in [-0.15, -0.1) is 0 Å². The van der Waals surface area contributed by atoms with Gasteiger partial charge in [0, 0.05) is 5.69 Å². The molecule has 90 valence electrons. The van der Waals surface area contributed by atoms with Crippen molar-refractivity contribution < 1.29 is 4.74 Å². The van der Waals surface area contributed by atoms with Crippen LogP contribution in [0.1, 0.15) is 0 Å². The lowest BCUT2D eigenvalue weighted by Crippen LogP contribution is -1.92. The average molecular weight is 239 g/mol.